The summed E-state index contributed by atoms with van der Waals surface area (Å²) in [7, 11) is 0. The van der Waals surface area contributed by atoms with Crippen LogP contribution in [0.2, 0.25) is 0 Å². The molecule has 0 radical (unpaired) electrons. The van der Waals surface area contributed by atoms with Crippen LogP contribution in [0.4, 0.5) is 9.93 Å². The van der Waals surface area contributed by atoms with E-state index in [-0.39, 0.29) is 23.9 Å². The molecule has 0 unspecified atom stereocenters. The van der Waals surface area contributed by atoms with Crippen LogP contribution >= 0.6 is 11.3 Å². The minimum atomic E-state index is -0.112. The fourth-order valence-corrected chi connectivity index (χ4v) is 4.90. The molecule has 1 aliphatic heterocycles. The van der Waals surface area contributed by atoms with Gasteiger partial charge in [-0.15, -0.1) is 11.3 Å². The zero-order valence-electron chi connectivity index (χ0n) is 14.9. The lowest BCUT2D eigenvalue weighted by molar-refractivity contribution is -0.129. The van der Waals surface area contributed by atoms with Crippen molar-refractivity contribution in [2.45, 2.75) is 58.4 Å². The van der Waals surface area contributed by atoms with Gasteiger partial charge < -0.3 is 10.2 Å². The predicted molar refractivity (Wildman–Crippen MR) is 97.8 cm³/mol. The van der Waals surface area contributed by atoms with Crippen molar-refractivity contribution in [2.75, 3.05) is 18.4 Å². The van der Waals surface area contributed by atoms with Crippen molar-refractivity contribution in [3.05, 3.63) is 10.6 Å². The van der Waals surface area contributed by atoms with Crippen LogP contribution in [0.3, 0.4) is 0 Å². The SMILES string of the molecule is CC1(C)CCc2nc(NC(=O)N3CC(NC(=O)C4CCC4)C3)sc2C1. The lowest BCUT2D eigenvalue weighted by Crippen LogP contribution is -2.62. The highest BCUT2D eigenvalue weighted by molar-refractivity contribution is 7.15. The number of amides is 3. The molecule has 0 aromatic carbocycles. The van der Waals surface area contributed by atoms with Gasteiger partial charge >= 0.3 is 6.03 Å². The van der Waals surface area contributed by atoms with Gasteiger partial charge in [0, 0.05) is 23.9 Å². The van der Waals surface area contributed by atoms with Gasteiger partial charge in [0.15, 0.2) is 5.13 Å². The molecule has 0 bridgehead atoms. The highest BCUT2D eigenvalue weighted by atomic mass is 32.1. The third-order valence-corrected chi connectivity index (χ3v) is 6.67. The number of carbonyl (C=O) groups excluding carboxylic acids is 2. The predicted octanol–water partition coefficient (Wildman–Crippen LogP) is 2.79. The van der Waals surface area contributed by atoms with Crippen molar-refractivity contribution in [3.63, 3.8) is 0 Å². The minimum absolute atomic E-state index is 0.101. The maximum atomic E-state index is 12.3. The smallest absolute Gasteiger partial charge is 0.323 e. The normalized spacial score (nSPS) is 22.6. The fraction of sp³-hybridized carbons (Fsp3) is 0.722. The Kier molecular flexibility index (Phi) is 4.22. The van der Waals surface area contributed by atoms with Crippen LogP contribution in [0.5, 0.6) is 0 Å². The maximum Gasteiger partial charge on any atom is 0.323 e. The van der Waals surface area contributed by atoms with Crippen molar-refractivity contribution in [2.24, 2.45) is 11.3 Å². The fourth-order valence-electron chi connectivity index (χ4n) is 3.65. The van der Waals surface area contributed by atoms with Crippen LogP contribution in [0.1, 0.15) is 50.1 Å². The van der Waals surface area contributed by atoms with Crippen LogP contribution in [-0.2, 0) is 17.6 Å². The van der Waals surface area contributed by atoms with Gasteiger partial charge in [-0.3, -0.25) is 10.1 Å². The molecule has 3 amide bonds. The van der Waals surface area contributed by atoms with E-state index in [9.17, 15) is 9.59 Å². The first-order valence-corrected chi connectivity index (χ1v) is 10.1. The summed E-state index contributed by atoms with van der Waals surface area (Å²) in [5.74, 6) is 0.361. The minimum Gasteiger partial charge on any atom is -0.350 e. The van der Waals surface area contributed by atoms with Crippen LogP contribution in [0.15, 0.2) is 0 Å². The molecular formula is C18H26N4O2S. The zero-order valence-corrected chi connectivity index (χ0v) is 15.7. The van der Waals surface area contributed by atoms with Gasteiger partial charge in [-0.25, -0.2) is 9.78 Å². The van der Waals surface area contributed by atoms with Gasteiger partial charge in [0.1, 0.15) is 0 Å². The second kappa shape index (κ2) is 6.27. The van der Waals surface area contributed by atoms with E-state index in [0.29, 0.717) is 23.6 Å². The molecule has 0 atom stereocenters. The summed E-state index contributed by atoms with van der Waals surface area (Å²) in [5, 5.41) is 6.67. The molecule has 2 N–H and O–H groups in total. The summed E-state index contributed by atoms with van der Waals surface area (Å²) in [6, 6.07) is -0.0105. The van der Waals surface area contributed by atoms with Crippen LogP contribution < -0.4 is 10.6 Å². The summed E-state index contributed by atoms with van der Waals surface area (Å²) in [6.45, 7) is 5.74. The number of anilines is 1. The molecular weight excluding hydrogens is 336 g/mol. The average molecular weight is 362 g/mol. The highest BCUT2D eigenvalue weighted by Crippen LogP contribution is 2.38. The molecule has 136 valence electrons. The number of aryl methyl sites for hydroxylation is 1. The first-order chi connectivity index (χ1) is 11.9. The number of hydrogen-bond donors (Lipinski definition) is 2. The Morgan fingerprint density at radius 1 is 1.28 bits per heavy atom. The second-order valence-corrected chi connectivity index (χ2v) is 9.48. The van der Waals surface area contributed by atoms with Gasteiger partial charge in [0.25, 0.3) is 0 Å². The van der Waals surface area contributed by atoms with E-state index in [4.69, 9.17) is 0 Å². The summed E-state index contributed by atoms with van der Waals surface area (Å²) in [4.78, 5) is 31.9. The molecule has 2 aliphatic carbocycles. The van der Waals surface area contributed by atoms with E-state index >= 15 is 0 Å². The number of nitrogens with one attached hydrogen (secondary N) is 2. The van der Waals surface area contributed by atoms with E-state index in [0.717, 1.165) is 44.2 Å². The number of thiazole rings is 1. The summed E-state index contributed by atoms with van der Waals surface area (Å²) >= 11 is 1.60. The Balaban J connectivity index is 1.26. The van der Waals surface area contributed by atoms with Crippen molar-refractivity contribution in [3.8, 4) is 0 Å². The molecule has 6 nitrogen and oxygen atoms in total. The molecule has 4 rings (SSSR count). The van der Waals surface area contributed by atoms with Gasteiger partial charge in [-0.05, 0) is 37.5 Å². The number of aromatic nitrogens is 1. The molecule has 1 saturated heterocycles. The van der Waals surface area contributed by atoms with E-state index in [1.165, 1.54) is 4.88 Å². The van der Waals surface area contributed by atoms with Crippen molar-refractivity contribution in [1.82, 2.24) is 15.2 Å². The number of likely N-dealkylation sites (tertiary alicyclic amines) is 1. The Morgan fingerprint density at radius 3 is 2.72 bits per heavy atom. The number of rotatable bonds is 3. The van der Waals surface area contributed by atoms with Crippen molar-refractivity contribution >= 4 is 28.4 Å². The average Bonchev–Trinajstić information content (AvgIpc) is 2.80. The Hall–Kier alpha value is -1.63. The lowest BCUT2D eigenvalue weighted by atomic mass is 9.79. The third-order valence-electron chi connectivity index (χ3n) is 5.66. The Morgan fingerprint density at radius 2 is 2.04 bits per heavy atom. The standard InChI is InChI=1S/C18H26N4O2S/c1-18(2)7-6-13-14(8-18)25-16(20-13)21-17(24)22-9-12(10-22)19-15(23)11-4-3-5-11/h11-12H,3-10H2,1-2H3,(H,19,23)(H,20,21,24). The van der Waals surface area contributed by atoms with E-state index < -0.39 is 0 Å². The van der Waals surface area contributed by atoms with Crippen LogP contribution in [0, 0.1) is 11.3 Å². The molecule has 1 aromatic rings. The molecule has 2 fully saturated rings. The van der Waals surface area contributed by atoms with Gasteiger partial charge in [-0.2, -0.15) is 0 Å². The molecule has 25 heavy (non-hydrogen) atoms. The van der Waals surface area contributed by atoms with Gasteiger partial charge in [0.05, 0.1) is 11.7 Å². The Bertz CT molecular complexity index is 689. The lowest BCUT2D eigenvalue weighted by Gasteiger charge is -2.40. The summed E-state index contributed by atoms with van der Waals surface area (Å²) in [5.41, 5.74) is 1.47. The summed E-state index contributed by atoms with van der Waals surface area (Å²) < 4.78 is 0. The Labute approximate surface area is 152 Å². The topological polar surface area (TPSA) is 74.3 Å². The number of hydrogen-bond acceptors (Lipinski definition) is 4. The molecule has 0 spiro atoms. The molecule has 1 saturated carbocycles. The number of carbonyl (C=O) groups is 2. The highest BCUT2D eigenvalue weighted by Gasteiger charge is 2.35. The second-order valence-electron chi connectivity index (χ2n) is 8.40. The molecule has 2 heterocycles. The third kappa shape index (κ3) is 3.52. The zero-order chi connectivity index (χ0) is 17.6. The number of fused-ring (bicyclic) bond motifs is 1. The first kappa shape index (κ1) is 16.8. The first-order valence-electron chi connectivity index (χ1n) is 9.24. The van der Waals surface area contributed by atoms with Crippen molar-refractivity contribution in [1.29, 1.82) is 0 Å². The molecule has 1 aromatic heterocycles. The van der Waals surface area contributed by atoms with Crippen LogP contribution in [-0.4, -0.2) is 41.0 Å². The van der Waals surface area contributed by atoms with E-state index in [2.05, 4.69) is 29.5 Å². The van der Waals surface area contributed by atoms with E-state index in [1.54, 1.807) is 16.2 Å². The van der Waals surface area contributed by atoms with Crippen molar-refractivity contribution < 1.29 is 9.59 Å². The van der Waals surface area contributed by atoms with Gasteiger partial charge in [0.2, 0.25) is 5.91 Å². The monoisotopic (exact) mass is 362 g/mol. The van der Waals surface area contributed by atoms with Crippen LogP contribution in [0.25, 0.3) is 0 Å². The maximum absolute atomic E-state index is 12.3. The van der Waals surface area contributed by atoms with Gasteiger partial charge in [-0.1, -0.05) is 20.3 Å². The largest absolute Gasteiger partial charge is 0.350 e. The quantitative estimate of drug-likeness (QED) is 0.868. The molecule has 7 heteroatoms. The number of urea groups is 1. The molecule has 3 aliphatic rings. The summed E-state index contributed by atoms with van der Waals surface area (Å²) in [6.07, 6.45) is 6.35. The van der Waals surface area contributed by atoms with E-state index in [1.807, 2.05) is 0 Å². The number of nitrogens with zero attached hydrogens (tertiary/aromatic N) is 2.